The van der Waals surface area contributed by atoms with Crippen molar-refractivity contribution < 1.29 is 13.2 Å². The molecule has 0 aliphatic rings. The smallest absolute Gasteiger partial charge is 0.243 e. The maximum absolute atomic E-state index is 12.7. The Kier molecular flexibility index (Phi) is 7.79. The average Bonchev–Trinajstić information content (AvgIpc) is 2.69. The number of aryl methyl sites for hydroxylation is 1. The molecule has 8 heteroatoms. The second-order valence-electron chi connectivity index (χ2n) is 6.22. The highest BCUT2D eigenvalue weighted by atomic mass is 32.2. The first-order chi connectivity index (χ1) is 13.3. The van der Waals surface area contributed by atoms with Gasteiger partial charge in [0.25, 0.3) is 0 Å². The highest BCUT2D eigenvalue weighted by Crippen LogP contribution is 2.23. The fraction of sp³-hybridized carbons (Fsp3) is 0.350. The maximum Gasteiger partial charge on any atom is 0.243 e. The summed E-state index contributed by atoms with van der Waals surface area (Å²) in [4.78, 5) is 0.252. The first kappa shape index (κ1) is 22.1. The van der Waals surface area contributed by atoms with E-state index in [0.717, 1.165) is 16.9 Å². The summed E-state index contributed by atoms with van der Waals surface area (Å²) in [5.74, 6) is 0.798. The summed E-state index contributed by atoms with van der Waals surface area (Å²) in [6.45, 7) is 6.96. The van der Waals surface area contributed by atoms with Gasteiger partial charge in [0.15, 0.2) is 5.11 Å². The molecule has 0 unspecified atom stereocenters. The Morgan fingerprint density at radius 1 is 1.11 bits per heavy atom. The summed E-state index contributed by atoms with van der Waals surface area (Å²) >= 11 is 5.37. The fourth-order valence-electron chi connectivity index (χ4n) is 2.70. The number of hydrogen-bond acceptors (Lipinski definition) is 4. The molecule has 0 radical (unpaired) electrons. The molecule has 0 aliphatic heterocycles. The number of rotatable bonds is 8. The second-order valence-corrected chi connectivity index (χ2v) is 8.57. The van der Waals surface area contributed by atoms with Crippen molar-refractivity contribution in [2.45, 2.75) is 32.2 Å². The van der Waals surface area contributed by atoms with Gasteiger partial charge in [0.2, 0.25) is 10.0 Å². The number of nitrogens with one attached hydrogen (secondary N) is 2. The van der Waals surface area contributed by atoms with Crippen LogP contribution in [0, 0.1) is 6.92 Å². The minimum atomic E-state index is -3.52. The lowest BCUT2D eigenvalue weighted by Gasteiger charge is -2.20. The minimum absolute atomic E-state index is 0.252. The van der Waals surface area contributed by atoms with Gasteiger partial charge in [-0.1, -0.05) is 32.0 Å². The van der Waals surface area contributed by atoms with Crippen molar-refractivity contribution in [3.05, 3.63) is 53.6 Å². The van der Waals surface area contributed by atoms with Crippen LogP contribution in [-0.2, 0) is 16.6 Å². The molecule has 2 N–H and O–H groups in total. The van der Waals surface area contributed by atoms with Crippen LogP contribution in [0.3, 0.4) is 0 Å². The van der Waals surface area contributed by atoms with Gasteiger partial charge in [0.1, 0.15) is 5.75 Å². The Labute approximate surface area is 173 Å². The quantitative estimate of drug-likeness (QED) is 0.636. The van der Waals surface area contributed by atoms with Crippen LogP contribution in [0.2, 0.25) is 0 Å². The van der Waals surface area contributed by atoms with Crippen LogP contribution < -0.4 is 15.4 Å². The molecule has 0 bridgehead atoms. The standard InChI is InChI=1S/C20H27N3O3S2/c1-5-23(6-2)28(24,25)18-12-7-15(3)19(13-18)22-20(27)21-14-16-8-10-17(26-4)11-9-16/h7-13H,5-6,14H2,1-4H3,(H2,21,22,27). The first-order valence-electron chi connectivity index (χ1n) is 9.10. The average molecular weight is 422 g/mol. The van der Waals surface area contributed by atoms with Crippen molar-refractivity contribution in [2.24, 2.45) is 0 Å². The van der Waals surface area contributed by atoms with Gasteiger partial charge in [0, 0.05) is 25.3 Å². The number of anilines is 1. The monoisotopic (exact) mass is 421 g/mol. The molecule has 0 heterocycles. The van der Waals surface area contributed by atoms with Gasteiger partial charge in [-0.2, -0.15) is 4.31 Å². The van der Waals surface area contributed by atoms with Crippen LogP contribution in [0.1, 0.15) is 25.0 Å². The minimum Gasteiger partial charge on any atom is -0.497 e. The summed E-state index contributed by atoms with van der Waals surface area (Å²) in [6, 6.07) is 12.7. The number of methoxy groups -OCH3 is 1. The number of hydrogen-bond donors (Lipinski definition) is 2. The molecule has 0 fully saturated rings. The number of benzene rings is 2. The van der Waals surface area contributed by atoms with Crippen molar-refractivity contribution in [1.82, 2.24) is 9.62 Å². The highest BCUT2D eigenvalue weighted by Gasteiger charge is 2.22. The Morgan fingerprint density at radius 3 is 2.32 bits per heavy atom. The third-order valence-corrected chi connectivity index (χ3v) is 6.70. The van der Waals surface area contributed by atoms with E-state index >= 15 is 0 Å². The third-order valence-electron chi connectivity index (χ3n) is 4.41. The SMILES string of the molecule is CCN(CC)S(=O)(=O)c1ccc(C)c(NC(=S)NCc2ccc(OC)cc2)c1. The van der Waals surface area contributed by atoms with E-state index in [0.29, 0.717) is 30.4 Å². The van der Waals surface area contributed by atoms with Crippen LogP contribution in [0.4, 0.5) is 5.69 Å². The van der Waals surface area contributed by atoms with E-state index in [1.54, 1.807) is 25.3 Å². The molecule has 0 atom stereocenters. The zero-order valence-corrected chi connectivity index (χ0v) is 18.3. The molecule has 0 amide bonds. The molecule has 6 nitrogen and oxygen atoms in total. The van der Waals surface area contributed by atoms with Crippen LogP contribution in [0.5, 0.6) is 5.75 Å². The molecule has 0 spiro atoms. The first-order valence-corrected chi connectivity index (χ1v) is 10.9. The van der Waals surface area contributed by atoms with E-state index < -0.39 is 10.0 Å². The topological polar surface area (TPSA) is 70.7 Å². The van der Waals surface area contributed by atoms with E-state index in [9.17, 15) is 8.42 Å². The van der Waals surface area contributed by atoms with Crippen molar-refractivity contribution in [2.75, 3.05) is 25.5 Å². The molecule has 0 aromatic heterocycles. The van der Waals surface area contributed by atoms with Gasteiger partial charge >= 0.3 is 0 Å². The maximum atomic E-state index is 12.7. The van der Waals surface area contributed by atoms with E-state index in [1.807, 2.05) is 45.0 Å². The molecule has 2 aromatic rings. The Bertz CT molecular complexity index is 909. The number of thiocarbonyl (C=S) groups is 1. The Hall–Kier alpha value is -2.16. The normalized spacial score (nSPS) is 11.3. The molecule has 152 valence electrons. The zero-order chi connectivity index (χ0) is 20.7. The lowest BCUT2D eigenvalue weighted by molar-refractivity contribution is 0.414. The van der Waals surface area contributed by atoms with Gasteiger partial charge in [-0.15, -0.1) is 0 Å². The summed E-state index contributed by atoms with van der Waals surface area (Å²) < 4.78 is 32.1. The molecule has 2 rings (SSSR count). The molecule has 28 heavy (non-hydrogen) atoms. The van der Waals surface area contributed by atoms with E-state index in [1.165, 1.54) is 4.31 Å². The number of sulfonamides is 1. The van der Waals surface area contributed by atoms with Gasteiger partial charge in [-0.25, -0.2) is 8.42 Å². The van der Waals surface area contributed by atoms with Crippen LogP contribution >= 0.6 is 12.2 Å². The predicted octanol–water partition coefficient (Wildman–Crippen LogP) is 3.52. The lowest BCUT2D eigenvalue weighted by atomic mass is 10.2. The molecular weight excluding hydrogens is 394 g/mol. The van der Waals surface area contributed by atoms with Gasteiger partial charge < -0.3 is 15.4 Å². The Balaban J connectivity index is 2.09. The molecule has 0 saturated carbocycles. The van der Waals surface area contributed by atoms with E-state index in [2.05, 4.69) is 10.6 Å². The number of ether oxygens (including phenoxy) is 1. The van der Waals surface area contributed by atoms with Crippen molar-refractivity contribution in [3.8, 4) is 5.75 Å². The molecule has 2 aromatic carbocycles. The Morgan fingerprint density at radius 2 is 1.75 bits per heavy atom. The van der Waals surface area contributed by atoms with Crippen molar-refractivity contribution in [1.29, 1.82) is 0 Å². The highest BCUT2D eigenvalue weighted by molar-refractivity contribution is 7.89. The summed E-state index contributed by atoms with van der Waals surface area (Å²) in [7, 11) is -1.89. The fourth-order valence-corrected chi connectivity index (χ4v) is 4.37. The van der Waals surface area contributed by atoms with Gasteiger partial charge in [0.05, 0.1) is 12.0 Å². The third kappa shape index (κ3) is 5.43. The summed E-state index contributed by atoms with van der Waals surface area (Å²) in [5, 5.41) is 6.67. The predicted molar refractivity (Wildman–Crippen MR) is 117 cm³/mol. The van der Waals surface area contributed by atoms with Crippen LogP contribution in [0.25, 0.3) is 0 Å². The van der Waals surface area contributed by atoms with Crippen LogP contribution in [-0.4, -0.2) is 38.0 Å². The van der Waals surface area contributed by atoms with Crippen molar-refractivity contribution in [3.63, 3.8) is 0 Å². The largest absolute Gasteiger partial charge is 0.497 e. The van der Waals surface area contributed by atoms with Gasteiger partial charge in [-0.3, -0.25) is 0 Å². The van der Waals surface area contributed by atoms with Crippen molar-refractivity contribution >= 4 is 33.0 Å². The number of nitrogens with zero attached hydrogens (tertiary/aromatic N) is 1. The summed E-state index contributed by atoms with van der Waals surface area (Å²) in [5.41, 5.74) is 2.63. The van der Waals surface area contributed by atoms with Crippen LogP contribution in [0.15, 0.2) is 47.4 Å². The summed E-state index contributed by atoms with van der Waals surface area (Å²) in [6.07, 6.45) is 0. The zero-order valence-electron chi connectivity index (χ0n) is 16.7. The molecular formula is C20H27N3O3S2. The van der Waals surface area contributed by atoms with Gasteiger partial charge in [-0.05, 0) is 54.5 Å². The lowest BCUT2D eigenvalue weighted by Crippen LogP contribution is -2.31. The molecule has 0 aliphatic carbocycles. The van der Waals surface area contributed by atoms with E-state index in [4.69, 9.17) is 17.0 Å². The van der Waals surface area contributed by atoms with E-state index in [-0.39, 0.29) is 4.90 Å². The second kappa shape index (κ2) is 9.86. The molecule has 0 saturated heterocycles.